The lowest BCUT2D eigenvalue weighted by Crippen LogP contribution is -2.09. The zero-order valence-electron chi connectivity index (χ0n) is 11.1. The lowest BCUT2D eigenvalue weighted by Gasteiger charge is -2.12. The second-order valence-electron chi connectivity index (χ2n) is 4.36. The number of para-hydroxylation sites is 1. The Labute approximate surface area is 119 Å². The minimum atomic E-state index is -4.47. The first kappa shape index (κ1) is 15.0. The van der Waals surface area contributed by atoms with Crippen LogP contribution in [0.25, 0.3) is 0 Å². The molecule has 0 bridgehead atoms. The number of hydrogen-bond donors (Lipinski definition) is 1. The van der Waals surface area contributed by atoms with Crippen LogP contribution in [0.5, 0.6) is 0 Å². The molecule has 0 amide bonds. The minimum absolute atomic E-state index is 0.152. The van der Waals surface area contributed by atoms with Crippen molar-refractivity contribution in [2.24, 2.45) is 5.10 Å². The number of nitrogens with zero attached hydrogens (tertiary/aromatic N) is 1. The molecule has 1 N–H and O–H groups in total. The van der Waals surface area contributed by atoms with Gasteiger partial charge < -0.3 is 0 Å². The summed E-state index contributed by atoms with van der Waals surface area (Å²) in [4.78, 5) is 0. The van der Waals surface area contributed by atoms with Gasteiger partial charge in [0.05, 0.1) is 17.0 Å². The molecule has 6 heteroatoms. The summed E-state index contributed by atoms with van der Waals surface area (Å²) in [6, 6.07) is 10.7. The Morgan fingerprint density at radius 1 is 1.05 bits per heavy atom. The van der Waals surface area contributed by atoms with E-state index in [9.17, 15) is 17.6 Å². The van der Waals surface area contributed by atoms with E-state index in [4.69, 9.17) is 0 Å². The maximum atomic E-state index is 13.1. The van der Waals surface area contributed by atoms with Gasteiger partial charge in [-0.3, -0.25) is 5.43 Å². The number of nitrogens with one attached hydrogen (secondary N) is 1. The van der Waals surface area contributed by atoms with Crippen LogP contribution in [0.2, 0.25) is 0 Å². The van der Waals surface area contributed by atoms with Crippen LogP contribution >= 0.6 is 0 Å². The Kier molecular flexibility index (Phi) is 4.26. The summed E-state index contributed by atoms with van der Waals surface area (Å²) in [5, 5.41) is 3.88. The highest BCUT2D eigenvalue weighted by atomic mass is 19.4. The number of halogens is 4. The summed E-state index contributed by atoms with van der Waals surface area (Å²) in [6.07, 6.45) is -4.47. The lowest BCUT2D eigenvalue weighted by atomic mass is 10.1. The fourth-order valence-corrected chi connectivity index (χ4v) is 1.75. The first-order valence-electron chi connectivity index (χ1n) is 6.10. The van der Waals surface area contributed by atoms with Crippen LogP contribution in [0.4, 0.5) is 23.2 Å². The normalized spacial score (nSPS) is 12.3. The molecule has 2 rings (SSSR count). The highest BCUT2D eigenvalue weighted by Gasteiger charge is 2.33. The predicted octanol–water partition coefficient (Wildman–Crippen LogP) is 4.68. The van der Waals surface area contributed by atoms with Crippen LogP contribution in [0.15, 0.2) is 53.6 Å². The van der Waals surface area contributed by atoms with Gasteiger partial charge in [0.25, 0.3) is 0 Å². The van der Waals surface area contributed by atoms with Crippen LogP contribution in [-0.4, -0.2) is 5.71 Å². The SMILES string of the molecule is C/C(=N\Nc1ccccc1C(F)(F)F)c1cccc(F)c1. The number of rotatable bonds is 3. The van der Waals surface area contributed by atoms with Gasteiger partial charge in [0, 0.05) is 5.56 Å². The van der Waals surface area contributed by atoms with Crippen LogP contribution < -0.4 is 5.43 Å². The molecule has 0 aliphatic heterocycles. The number of hydrogen-bond acceptors (Lipinski definition) is 2. The standard InChI is InChI=1S/C15H12F4N2/c1-10(11-5-4-6-12(16)9-11)20-21-14-8-3-2-7-13(14)15(17,18)19/h2-9,21H,1H3/b20-10+. The quantitative estimate of drug-likeness (QED) is 0.496. The van der Waals surface area contributed by atoms with E-state index in [1.807, 2.05) is 0 Å². The molecule has 2 nitrogen and oxygen atoms in total. The van der Waals surface area contributed by atoms with Crippen molar-refractivity contribution in [3.05, 3.63) is 65.5 Å². The highest BCUT2D eigenvalue weighted by molar-refractivity contribution is 5.99. The van der Waals surface area contributed by atoms with Crippen molar-refractivity contribution in [3.63, 3.8) is 0 Å². The molecular weight excluding hydrogens is 284 g/mol. The maximum absolute atomic E-state index is 13.1. The van der Waals surface area contributed by atoms with E-state index in [1.165, 1.54) is 36.4 Å². The van der Waals surface area contributed by atoms with Gasteiger partial charge in [-0.15, -0.1) is 0 Å². The Morgan fingerprint density at radius 3 is 2.43 bits per heavy atom. The average molecular weight is 296 g/mol. The van der Waals surface area contributed by atoms with E-state index in [-0.39, 0.29) is 5.69 Å². The van der Waals surface area contributed by atoms with E-state index in [0.717, 1.165) is 6.07 Å². The largest absolute Gasteiger partial charge is 0.418 e. The third-order valence-corrected chi connectivity index (χ3v) is 2.82. The van der Waals surface area contributed by atoms with Crippen LogP contribution in [0, 0.1) is 5.82 Å². The van der Waals surface area contributed by atoms with E-state index in [2.05, 4.69) is 10.5 Å². The second kappa shape index (κ2) is 5.95. The molecule has 110 valence electrons. The van der Waals surface area contributed by atoms with Crippen molar-refractivity contribution in [1.82, 2.24) is 0 Å². The fourth-order valence-electron chi connectivity index (χ4n) is 1.75. The van der Waals surface area contributed by atoms with Gasteiger partial charge in [-0.2, -0.15) is 18.3 Å². The van der Waals surface area contributed by atoms with Gasteiger partial charge in [-0.25, -0.2) is 4.39 Å². The van der Waals surface area contributed by atoms with Crippen molar-refractivity contribution in [2.75, 3.05) is 5.43 Å². The van der Waals surface area contributed by atoms with Crippen molar-refractivity contribution in [3.8, 4) is 0 Å². The molecule has 0 atom stereocenters. The zero-order valence-corrected chi connectivity index (χ0v) is 11.1. The number of alkyl halides is 3. The Hall–Kier alpha value is -2.37. The molecular formula is C15H12F4N2. The van der Waals surface area contributed by atoms with E-state index < -0.39 is 17.6 Å². The van der Waals surface area contributed by atoms with Gasteiger partial charge in [-0.05, 0) is 31.2 Å². The number of anilines is 1. The molecule has 0 spiro atoms. The van der Waals surface area contributed by atoms with Gasteiger partial charge >= 0.3 is 6.18 Å². The van der Waals surface area contributed by atoms with E-state index in [1.54, 1.807) is 13.0 Å². The number of benzene rings is 2. The summed E-state index contributed by atoms with van der Waals surface area (Å²) in [6.45, 7) is 1.58. The monoisotopic (exact) mass is 296 g/mol. The molecule has 0 aliphatic rings. The van der Waals surface area contributed by atoms with E-state index in [0.29, 0.717) is 11.3 Å². The van der Waals surface area contributed by atoms with Crippen LogP contribution in [0.3, 0.4) is 0 Å². The molecule has 0 heterocycles. The maximum Gasteiger partial charge on any atom is 0.418 e. The smallest absolute Gasteiger partial charge is 0.278 e. The van der Waals surface area contributed by atoms with Crippen LogP contribution in [-0.2, 0) is 6.18 Å². The van der Waals surface area contributed by atoms with E-state index >= 15 is 0 Å². The predicted molar refractivity (Wildman–Crippen MR) is 73.7 cm³/mol. The summed E-state index contributed by atoms with van der Waals surface area (Å²) in [7, 11) is 0. The first-order valence-corrected chi connectivity index (χ1v) is 6.10. The topological polar surface area (TPSA) is 24.4 Å². The van der Waals surface area contributed by atoms with Crippen molar-refractivity contribution >= 4 is 11.4 Å². The average Bonchev–Trinajstić information content (AvgIpc) is 2.44. The molecule has 0 aliphatic carbocycles. The summed E-state index contributed by atoms with van der Waals surface area (Å²) in [5.74, 6) is -0.433. The molecule has 0 fully saturated rings. The van der Waals surface area contributed by atoms with Crippen molar-refractivity contribution < 1.29 is 17.6 Å². The molecule has 21 heavy (non-hydrogen) atoms. The van der Waals surface area contributed by atoms with Gasteiger partial charge in [0.15, 0.2) is 0 Å². The van der Waals surface area contributed by atoms with Crippen molar-refractivity contribution in [2.45, 2.75) is 13.1 Å². The summed E-state index contributed by atoms with van der Waals surface area (Å²) < 4.78 is 51.5. The molecule has 2 aromatic carbocycles. The highest BCUT2D eigenvalue weighted by Crippen LogP contribution is 2.34. The molecule has 2 aromatic rings. The number of hydrazone groups is 1. The summed E-state index contributed by atoms with van der Waals surface area (Å²) >= 11 is 0. The van der Waals surface area contributed by atoms with Crippen molar-refractivity contribution in [1.29, 1.82) is 0 Å². The molecule has 0 saturated heterocycles. The fraction of sp³-hybridized carbons (Fsp3) is 0.133. The minimum Gasteiger partial charge on any atom is -0.278 e. The van der Waals surface area contributed by atoms with Gasteiger partial charge in [-0.1, -0.05) is 24.3 Å². The van der Waals surface area contributed by atoms with Gasteiger partial charge in [0.1, 0.15) is 5.82 Å². The zero-order chi connectivity index (χ0) is 15.5. The Bertz CT molecular complexity index is 663. The van der Waals surface area contributed by atoms with Crippen LogP contribution in [0.1, 0.15) is 18.1 Å². The lowest BCUT2D eigenvalue weighted by molar-refractivity contribution is -0.136. The Balaban J connectivity index is 2.25. The first-order chi connectivity index (χ1) is 9.88. The Morgan fingerprint density at radius 2 is 1.76 bits per heavy atom. The van der Waals surface area contributed by atoms with Gasteiger partial charge in [0.2, 0.25) is 0 Å². The molecule has 0 radical (unpaired) electrons. The second-order valence-corrected chi connectivity index (χ2v) is 4.36. The molecule has 0 saturated carbocycles. The summed E-state index contributed by atoms with van der Waals surface area (Å²) in [5.41, 5.74) is 2.30. The third-order valence-electron chi connectivity index (χ3n) is 2.82. The molecule has 0 aromatic heterocycles. The third kappa shape index (κ3) is 3.81. The molecule has 0 unspecified atom stereocenters.